The highest BCUT2D eigenvalue weighted by Crippen LogP contribution is 2.32. The number of benzene rings is 1. The Labute approximate surface area is 102 Å². The van der Waals surface area contributed by atoms with Crippen LogP contribution >= 0.6 is 11.6 Å². The van der Waals surface area contributed by atoms with Crippen molar-refractivity contribution in [2.45, 2.75) is 4.90 Å². The van der Waals surface area contributed by atoms with Gasteiger partial charge in [0, 0.05) is 6.54 Å². The summed E-state index contributed by atoms with van der Waals surface area (Å²) in [6.45, 7) is -0.686. The summed E-state index contributed by atoms with van der Waals surface area (Å²) in [6.07, 6.45) is 0. The highest BCUT2D eigenvalue weighted by atomic mass is 35.5. The number of anilines is 1. The fourth-order valence-corrected chi connectivity index (χ4v) is 2.97. The maximum Gasteiger partial charge on any atom is 0.244 e. The predicted molar refractivity (Wildman–Crippen MR) is 59.9 cm³/mol. The molecule has 0 spiro atoms. The van der Waals surface area contributed by atoms with Gasteiger partial charge in [-0.2, -0.15) is 4.72 Å². The van der Waals surface area contributed by atoms with E-state index in [9.17, 15) is 17.2 Å². The van der Waals surface area contributed by atoms with Crippen molar-refractivity contribution in [3.8, 4) is 0 Å². The van der Waals surface area contributed by atoms with Crippen LogP contribution in [-0.4, -0.2) is 28.3 Å². The normalized spacial score (nSPS) is 17.9. The van der Waals surface area contributed by atoms with Crippen LogP contribution in [0.1, 0.15) is 0 Å². The number of rotatable bonds is 2. The summed E-state index contributed by atoms with van der Waals surface area (Å²) in [4.78, 5) is 1.22. The maximum atomic E-state index is 13.2. The quantitative estimate of drug-likeness (QED) is 0.894. The third kappa shape index (κ3) is 2.22. The zero-order chi connectivity index (χ0) is 12.6. The summed E-state index contributed by atoms with van der Waals surface area (Å²) < 4.78 is 51.1. The van der Waals surface area contributed by atoms with E-state index in [2.05, 4.69) is 4.72 Å². The monoisotopic (exact) mass is 282 g/mol. The van der Waals surface area contributed by atoms with Crippen LogP contribution in [0.15, 0.2) is 17.0 Å². The van der Waals surface area contributed by atoms with Gasteiger partial charge >= 0.3 is 0 Å². The molecule has 0 saturated heterocycles. The first-order valence-electron chi connectivity index (χ1n) is 4.75. The zero-order valence-corrected chi connectivity index (χ0v) is 10.2. The van der Waals surface area contributed by atoms with E-state index >= 15 is 0 Å². The lowest BCUT2D eigenvalue weighted by atomic mass is 10.3. The van der Waals surface area contributed by atoms with E-state index in [1.807, 2.05) is 0 Å². The molecule has 0 saturated carbocycles. The minimum atomic E-state index is -3.75. The summed E-state index contributed by atoms with van der Waals surface area (Å²) >= 11 is 5.59. The Morgan fingerprint density at radius 2 is 2.18 bits per heavy atom. The van der Waals surface area contributed by atoms with Gasteiger partial charge < -0.3 is 4.90 Å². The van der Waals surface area contributed by atoms with E-state index in [0.29, 0.717) is 0 Å². The van der Waals surface area contributed by atoms with Crippen molar-refractivity contribution in [2.75, 3.05) is 24.8 Å². The topological polar surface area (TPSA) is 49.4 Å². The number of sulfonamides is 1. The molecule has 1 aromatic rings. The molecule has 1 heterocycles. The fraction of sp³-hybridized carbons (Fsp3) is 0.333. The minimum absolute atomic E-state index is 0.0114. The van der Waals surface area contributed by atoms with Crippen molar-refractivity contribution in [1.82, 2.24) is 4.72 Å². The number of halogens is 3. The fourth-order valence-electron chi connectivity index (χ4n) is 1.61. The molecule has 94 valence electrons. The Balaban J connectivity index is 2.60. The van der Waals surface area contributed by atoms with Gasteiger partial charge in [-0.25, -0.2) is 17.2 Å². The van der Waals surface area contributed by atoms with Crippen LogP contribution in [0.5, 0.6) is 0 Å². The van der Waals surface area contributed by atoms with Crippen molar-refractivity contribution in [3.05, 3.63) is 23.0 Å². The molecule has 0 atom stereocenters. The molecule has 0 amide bonds. The summed E-state index contributed by atoms with van der Waals surface area (Å²) in [5.41, 5.74) is 0.216. The lowest BCUT2D eigenvalue weighted by Gasteiger charge is -2.30. The molecule has 0 bridgehead atoms. The predicted octanol–water partition coefficient (Wildman–Crippen LogP) is 1.50. The first-order chi connectivity index (χ1) is 7.95. The second-order valence-corrected chi connectivity index (χ2v) is 5.63. The molecule has 1 aliphatic rings. The molecule has 4 nitrogen and oxygen atoms in total. The van der Waals surface area contributed by atoms with Crippen molar-refractivity contribution >= 4 is 27.3 Å². The van der Waals surface area contributed by atoms with Crippen molar-refractivity contribution < 1.29 is 17.2 Å². The number of fused-ring (bicyclic) bond motifs is 1. The van der Waals surface area contributed by atoms with Gasteiger partial charge in [-0.05, 0) is 12.1 Å². The Hall–Kier alpha value is -0.920. The van der Waals surface area contributed by atoms with Gasteiger partial charge in [0.05, 0.1) is 17.4 Å². The van der Waals surface area contributed by atoms with Gasteiger partial charge in [-0.3, -0.25) is 0 Å². The van der Waals surface area contributed by atoms with Crippen LogP contribution in [0.2, 0.25) is 5.02 Å². The van der Waals surface area contributed by atoms with Crippen molar-refractivity contribution in [3.63, 3.8) is 0 Å². The number of nitrogens with zero attached hydrogens (tertiary/aromatic N) is 1. The van der Waals surface area contributed by atoms with Crippen LogP contribution in [-0.2, 0) is 10.0 Å². The summed E-state index contributed by atoms with van der Waals surface area (Å²) in [6, 6.07) is 2.03. The summed E-state index contributed by atoms with van der Waals surface area (Å²) in [7, 11) is -3.75. The molecule has 1 aliphatic heterocycles. The van der Waals surface area contributed by atoms with Crippen LogP contribution in [0, 0.1) is 5.82 Å². The Morgan fingerprint density at radius 1 is 1.47 bits per heavy atom. The molecular formula is C9H9ClF2N2O2S. The maximum absolute atomic E-state index is 13.2. The SMILES string of the molecule is O=S1(=O)NCN(CCF)c2cc(Cl)c(F)cc21. The molecule has 0 aliphatic carbocycles. The number of nitrogens with one attached hydrogen (secondary N) is 1. The Bertz CT molecular complexity index is 550. The smallest absolute Gasteiger partial charge is 0.244 e. The first kappa shape index (κ1) is 12.5. The molecule has 0 radical (unpaired) electrons. The molecule has 0 aromatic heterocycles. The third-order valence-electron chi connectivity index (χ3n) is 2.43. The molecule has 2 rings (SSSR count). The molecule has 0 fully saturated rings. The third-order valence-corrected chi connectivity index (χ3v) is 4.14. The van der Waals surface area contributed by atoms with Gasteiger partial charge in [0.1, 0.15) is 17.4 Å². The zero-order valence-electron chi connectivity index (χ0n) is 8.58. The Morgan fingerprint density at radius 3 is 2.82 bits per heavy atom. The molecule has 0 unspecified atom stereocenters. The average Bonchev–Trinajstić information content (AvgIpc) is 2.26. The number of hydrogen-bond donors (Lipinski definition) is 1. The Kier molecular flexibility index (Phi) is 3.24. The molecular weight excluding hydrogens is 274 g/mol. The van der Waals surface area contributed by atoms with E-state index in [1.54, 1.807) is 0 Å². The first-order valence-corrected chi connectivity index (χ1v) is 6.61. The highest BCUT2D eigenvalue weighted by Gasteiger charge is 2.29. The number of hydrogen-bond acceptors (Lipinski definition) is 3. The molecule has 1 aromatic carbocycles. The minimum Gasteiger partial charge on any atom is -0.354 e. The second kappa shape index (κ2) is 4.40. The molecule has 1 N–H and O–H groups in total. The van der Waals surface area contributed by atoms with Crippen LogP contribution in [0.25, 0.3) is 0 Å². The molecule has 17 heavy (non-hydrogen) atoms. The second-order valence-electron chi connectivity index (χ2n) is 3.49. The average molecular weight is 283 g/mol. The standard InChI is InChI=1S/C9H9ClF2N2O2S/c10-6-3-8-9(4-7(6)12)17(15,16)13-5-14(8)2-1-11/h3-4,13H,1-2,5H2. The molecule has 8 heteroatoms. The highest BCUT2D eigenvalue weighted by molar-refractivity contribution is 7.89. The van der Waals surface area contributed by atoms with Gasteiger partial charge in [0.25, 0.3) is 0 Å². The lowest BCUT2D eigenvalue weighted by molar-refractivity contribution is 0.483. The van der Waals surface area contributed by atoms with Crippen LogP contribution in [0.4, 0.5) is 14.5 Å². The largest absolute Gasteiger partial charge is 0.354 e. The van der Waals surface area contributed by atoms with Gasteiger partial charge in [0.15, 0.2) is 0 Å². The van der Waals surface area contributed by atoms with Crippen LogP contribution < -0.4 is 9.62 Å². The van der Waals surface area contributed by atoms with E-state index in [-0.39, 0.29) is 28.8 Å². The van der Waals surface area contributed by atoms with Crippen molar-refractivity contribution in [2.24, 2.45) is 0 Å². The summed E-state index contributed by atoms with van der Waals surface area (Å²) in [5.74, 6) is -0.821. The van der Waals surface area contributed by atoms with Gasteiger partial charge in [0.2, 0.25) is 10.0 Å². The van der Waals surface area contributed by atoms with Gasteiger partial charge in [-0.15, -0.1) is 0 Å². The number of alkyl halides is 1. The van der Waals surface area contributed by atoms with Crippen LogP contribution in [0.3, 0.4) is 0 Å². The van der Waals surface area contributed by atoms with E-state index in [0.717, 1.165) is 6.07 Å². The van der Waals surface area contributed by atoms with E-state index < -0.39 is 22.5 Å². The lowest BCUT2D eigenvalue weighted by Crippen LogP contribution is -2.44. The van der Waals surface area contributed by atoms with Gasteiger partial charge in [-0.1, -0.05) is 11.6 Å². The summed E-state index contributed by atoms with van der Waals surface area (Å²) in [5, 5.41) is -0.190. The van der Waals surface area contributed by atoms with E-state index in [4.69, 9.17) is 11.6 Å². The van der Waals surface area contributed by atoms with E-state index in [1.165, 1.54) is 11.0 Å². The van der Waals surface area contributed by atoms with Crippen molar-refractivity contribution in [1.29, 1.82) is 0 Å².